The Labute approximate surface area is 151 Å². The second kappa shape index (κ2) is 11.7. The highest BCUT2D eigenvalue weighted by Gasteiger charge is 2.28. The lowest BCUT2D eigenvalue weighted by Crippen LogP contribution is -2.54. The van der Waals surface area contributed by atoms with Crippen molar-refractivity contribution in [1.82, 2.24) is 16.0 Å². The van der Waals surface area contributed by atoms with Crippen LogP contribution in [0.25, 0.3) is 0 Å². The number of carbonyl (C=O) groups excluding carboxylic acids is 3. The van der Waals surface area contributed by atoms with E-state index in [0.717, 1.165) is 0 Å². The van der Waals surface area contributed by atoms with Crippen molar-refractivity contribution in [3.05, 3.63) is 0 Å². The molecule has 3 atom stereocenters. The van der Waals surface area contributed by atoms with Crippen LogP contribution in [0.3, 0.4) is 0 Å². The predicted octanol–water partition coefficient (Wildman–Crippen LogP) is -1.09. The van der Waals surface area contributed by atoms with E-state index in [0.29, 0.717) is 12.2 Å². The first-order valence-electron chi connectivity index (χ1n) is 7.94. The fourth-order valence-corrected chi connectivity index (χ4v) is 2.32. The van der Waals surface area contributed by atoms with Gasteiger partial charge in [0.1, 0.15) is 12.1 Å². The first-order chi connectivity index (χ1) is 11.6. The Morgan fingerprint density at radius 1 is 1.08 bits per heavy atom. The Kier molecular flexibility index (Phi) is 10.8. The summed E-state index contributed by atoms with van der Waals surface area (Å²) in [5, 5.41) is 16.5. The van der Waals surface area contributed by atoms with Crippen LogP contribution in [-0.4, -0.2) is 65.5 Å². The summed E-state index contributed by atoms with van der Waals surface area (Å²) < 4.78 is 0. The number of hydrogen-bond acceptors (Lipinski definition) is 6. The van der Waals surface area contributed by atoms with Crippen LogP contribution in [0.1, 0.15) is 27.2 Å². The lowest BCUT2D eigenvalue weighted by molar-refractivity contribution is -0.143. The van der Waals surface area contributed by atoms with Crippen LogP contribution in [-0.2, 0) is 19.2 Å². The van der Waals surface area contributed by atoms with E-state index < -0.39 is 41.8 Å². The van der Waals surface area contributed by atoms with E-state index in [1.807, 2.05) is 6.26 Å². The number of rotatable bonds is 11. The molecule has 0 aliphatic rings. The normalized spacial score (nSPS) is 14.3. The predicted molar refractivity (Wildman–Crippen MR) is 96.0 cm³/mol. The number of carboxylic acids is 1. The second-order valence-corrected chi connectivity index (χ2v) is 6.96. The van der Waals surface area contributed by atoms with E-state index >= 15 is 0 Å². The maximum absolute atomic E-state index is 12.3. The van der Waals surface area contributed by atoms with Crippen LogP contribution >= 0.6 is 11.8 Å². The molecule has 0 aliphatic heterocycles. The van der Waals surface area contributed by atoms with Crippen molar-refractivity contribution in [2.75, 3.05) is 18.6 Å². The van der Waals surface area contributed by atoms with Gasteiger partial charge in [0.05, 0.1) is 12.6 Å². The van der Waals surface area contributed by atoms with Gasteiger partial charge in [-0.05, 0) is 31.3 Å². The zero-order chi connectivity index (χ0) is 19.6. The van der Waals surface area contributed by atoms with Gasteiger partial charge in [0.15, 0.2) is 0 Å². The Balaban J connectivity index is 4.81. The highest BCUT2D eigenvalue weighted by Crippen LogP contribution is 2.05. The third kappa shape index (κ3) is 9.30. The number of nitrogens with two attached hydrogens (primary N) is 1. The van der Waals surface area contributed by atoms with Crippen molar-refractivity contribution >= 4 is 35.5 Å². The Morgan fingerprint density at radius 2 is 1.68 bits per heavy atom. The zero-order valence-electron chi connectivity index (χ0n) is 15.0. The molecule has 9 nitrogen and oxygen atoms in total. The van der Waals surface area contributed by atoms with Crippen molar-refractivity contribution in [3.8, 4) is 0 Å². The number of carboxylic acid groups (broad SMARTS) is 1. The minimum atomic E-state index is -1.14. The third-order valence-corrected chi connectivity index (χ3v) is 3.97. The highest BCUT2D eigenvalue weighted by molar-refractivity contribution is 7.98. The van der Waals surface area contributed by atoms with Gasteiger partial charge in [0.2, 0.25) is 17.7 Å². The van der Waals surface area contributed by atoms with Crippen LogP contribution in [0.2, 0.25) is 0 Å². The van der Waals surface area contributed by atoms with Gasteiger partial charge in [-0.2, -0.15) is 11.8 Å². The molecule has 0 radical (unpaired) electrons. The molecule has 6 N–H and O–H groups in total. The highest BCUT2D eigenvalue weighted by atomic mass is 32.2. The second-order valence-electron chi connectivity index (χ2n) is 5.98. The van der Waals surface area contributed by atoms with Crippen molar-refractivity contribution in [2.45, 2.75) is 45.3 Å². The van der Waals surface area contributed by atoms with Gasteiger partial charge < -0.3 is 26.8 Å². The minimum absolute atomic E-state index is 0.302. The van der Waals surface area contributed by atoms with Crippen molar-refractivity contribution in [3.63, 3.8) is 0 Å². The number of nitrogens with one attached hydrogen (secondary N) is 3. The summed E-state index contributed by atoms with van der Waals surface area (Å²) in [5.74, 6) is -2.44. The molecule has 10 heteroatoms. The average Bonchev–Trinajstić information content (AvgIpc) is 2.52. The van der Waals surface area contributed by atoms with E-state index in [4.69, 9.17) is 10.8 Å². The topological polar surface area (TPSA) is 151 Å². The molecule has 0 saturated heterocycles. The summed E-state index contributed by atoms with van der Waals surface area (Å²) in [7, 11) is 0. The summed E-state index contributed by atoms with van der Waals surface area (Å²) in [6.45, 7) is 4.53. The number of carbonyl (C=O) groups is 4. The monoisotopic (exact) mass is 376 g/mol. The first-order valence-corrected chi connectivity index (χ1v) is 9.34. The summed E-state index contributed by atoms with van der Waals surface area (Å²) in [5.41, 5.74) is 5.38. The van der Waals surface area contributed by atoms with E-state index in [9.17, 15) is 19.2 Å². The van der Waals surface area contributed by atoms with Crippen LogP contribution in [0.15, 0.2) is 0 Å². The standard InChI is InChI=1S/C15H28N4O5S/c1-8(2)12(15(23)24)19-14(22)10(5-6-25-4)18-11(20)7-17-13(21)9(3)16/h8-10,12H,5-7,16H2,1-4H3,(H,17,21)(H,18,20)(H,19,22)(H,23,24). The summed E-state index contributed by atoms with van der Waals surface area (Å²) in [6.07, 6.45) is 2.19. The van der Waals surface area contributed by atoms with E-state index in [1.165, 1.54) is 18.7 Å². The lowest BCUT2D eigenvalue weighted by Gasteiger charge is -2.23. The number of hydrogen-bond donors (Lipinski definition) is 5. The number of aliphatic carboxylic acids is 1. The van der Waals surface area contributed by atoms with Crippen LogP contribution in [0.5, 0.6) is 0 Å². The van der Waals surface area contributed by atoms with Crippen molar-refractivity contribution in [2.24, 2.45) is 11.7 Å². The van der Waals surface area contributed by atoms with Gasteiger partial charge in [-0.15, -0.1) is 0 Å². The van der Waals surface area contributed by atoms with Crippen LogP contribution in [0.4, 0.5) is 0 Å². The Morgan fingerprint density at radius 3 is 2.12 bits per heavy atom. The molecule has 0 aromatic rings. The molecule has 3 amide bonds. The zero-order valence-corrected chi connectivity index (χ0v) is 15.8. The van der Waals surface area contributed by atoms with Gasteiger partial charge in [0, 0.05) is 0 Å². The third-order valence-electron chi connectivity index (χ3n) is 3.33. The molecular formula is C15H28N4O5S. The Hall–Kier alpha value is -1.81. The molecule has 0 fully saturated rings. The molecule has 25 heavy (non-hydrogen) atoms. The first kappa shape index (κ1) is 23.2. The Bertz CT molecular complexity index is 485. The van der Waals surface area contributed by atoms with Crippen molar-refractivity contribution < 1.29 is 24.3 Å². The molecular weight excluding hydrogens is 348 g/mol. The molecule has 3 unspecified atom stereocenters. The molecule has 0 bridgehead atoms. The molecule has 0 saturated carbocycles. The van der Waals surface area contributed by atoms with E-state index in [1.54, 1.807) is 13.8 Å². The van der Waals surface area contributed by atoms with E-state index in [-0.39, 0.29) is 12.5 Å². The number of thioether (sulfide) groups is 1. The van der Waals surface area contributed by atoms with Gasteiger partial charge in [-0.1, -0.05) is 13.8 Å². The average molecular weight is 376 g/mol. The van der Waals surface area contributed by atoms with Crippen molar-refractivity contribution in [1.29, 1.82) is 0 Å². The van der Waals surface area contributed by atoms with Crippen LogP contribution in [0, 0.1) is 5.92 Å². The minimum Gasteiger partial charge on any atom is -0.480 e. The molecule has 0 spiro atoms. The summed E-state index contributed by atoms with van der Waals surface area (Å²) in [6, 6.07) is -2.67. The fraction of sp³-hybridized carbons (Fsp3) is 0.733. The lowest BCUT2D eigenvalue weighted by atomic mass is 10.0. The van der Waals surface area contributed by atoms with E-state index in [2.05, 4.69) is 16.0 Å². The SMILES string of the molecule is CSCCC(NC(=O)CNC(=O)C(C)N)C(=O)NC(C(=O)O)C(C)C. The molecule has 0 aromatic carbocycles. The molecule has 0 aliphatic carbocycles. The van der Waals surface area contributed by atoms with Gasteiger partial charge >= 0.3 is 5.97 Å². The van der Waals surface area contributed by atoms with Gasteiger partial charge in [-0.3, -0.25) is 14.4 Å². The molecule has 144 valence electrons. The van der Waals surface area contributed by atoms with Crippen LogP contribution < -0.4 is 21.7 Å². The summed E-state index contributed by atoms with van der Waals surface area (Å²) in [4.78, 5) is 46.9. The van der Waals surface area contributed by atoms with Gasteiger partial charge in [-0.25, -0.2) is 4.79 Å². The molecule has 0 heterocycles. The maximum Gasteiger partial charge on any atom is 0.326 e. The number of amides is 3. The largest absolute Gasteiger partial charge is 0.480 e. The smallest absolute Gasteiger partial charge is 0.326 e. The maximum atomic E-state index is 12.3. The summed E-state index contributed by atoms with van der Waals surface area (Å²) >= 11 is 1.49. The fourth-order valence-electron chi connectivity index (χ4n) is 1.85. The quantitative estimate of drug-likeness (QED) is 0.307. The van der Waals surface area contributed by atoms with Gasteiger partial charge in [0.25, 0.3) is 0 Å². The molecule has 0 aromatic heterocycles. The molecule has 0 rings (SSSR count).